The minimum Gasteiger partial charge on any atom is -0.289 e. The summed E-state index contributed by atoms with van der Waals surface area (Å²) in [7, 11) is 0. The third-order valence-electron chi connectivity index (χ3n) is 1.90. The minimum atomic E-state index is -0.115. The van der Waals surface area contributed by atoms with Crippen molar-refractivity contribution in [3.05, 3.63) is 46.0 Å². The summed E-state index contributed by atoms with van der Waals surface area (Å²) in [6.45, 7) is 0. The highest BCUT2D eigenvalue weighted by Crippen LogP contribution is 2.21. The molecule has 64 valence electrons. The Morgan fingerprint density at radius 2 is 1.54 bits per heavy atom. The van der Waals surface area contributed by atoms with Gasteiger partial charge in [-0.2, -0.15) is 0 Å². The molecule has 0 saturated carbocycles. The van der Waals surface area contributed by atoms with Gasteiger partial charge in [0.1, 0.15) is 0 Å². The van der Waals surface area contributed by atoms with Crippen molar-refractivity contribution in [2.24, 2.45) is 0 Å². The number of halogens is 1. The topological polar surface area (TPSA) is 34.1 Å². The van der Waals surface area contributed by atoms with Crippen LogP contribution >= 0.6 is 15.9 Å². The molecule has 0 atom stereocenters. The molecule has 0 saturated heterocycles. The van der Waals surface area contributed by atoms with E-state index < -0.39 is 0 Å². The molecular weight excluding hydrogens is 232 g/mol. The Balaban J connectivity index is 2.69. The number of allylic oxidation sites excluding steroid dienone is 2. The number of carbonyl (C=O) groups excluding carboxylic acids is 2. The van der Waals surface area contributed by atoms with Gasteiger partial charge in [-0.1, -0.05) is 15.9 Å². The Hall–Kier alpha value is -1.22. The number of carbonyl (C=O) groups is 2. The van der Waals surface area contributed by atoms with Crippen molar-refractivity contribution in [3.8, 4) is 0 Å². The molecule has 1 aromatic rings. The molecule has 0 heterocycles. The highest BCUT2D eigenvalue weighted by molar-refractivity contribution is 9.10. The maximum absolute atomic E-state index is 11.3. The first kappa shape index (κ1) is 8.38. The molecule has 0 N–H and O–H groups in total. The average molecular weight is 237 g/mol. The van der Waals surface area contributed by atoms with Gasteiger partial charge in [0.25, 0.3) is 0 Å². The molecule has 13 heavy (non-hydrogen) atoms. The molecule has 0 spiro atoms. The summed E-state index contributed by atoms with van der Waals surface area (Å²) >= 11 is 3.25. The number of benzene rings is 1. The molecule has 3 heteroatoms. The van der Waals surface area contributed by atoms with Crippen molar-refractivity contribution >= 4 is 27.5 Å². The standard InChI is InChI=1S/C10H5BrO2/c11-6-1-2-7-8(5-6)10(13)4-3-9(7)12/h1-5H. The van der Waals surface area contributed by atoms with Crippen LogP contribution in [0.4, 0.5) is 0 Å². The van der Waals surface area contributed by atoms with E-state index in [4.69, 9.17) is 0 Å². The van der Waals surface area contributed by atoms with E-state index in [1.807, 2.05) is 0 Å². The lowest BCUT2D eigenvalue weighted by Gasteiger charge is -2.08. The fourth-order valence-corrected chi connectivity index (χ4v) is 1.63. The Kier molecular flexibility index (Phi) is 1.88. The minimum absolute atomic E-state index is 0.109. The molecule has 2 nitrogen and oxygen atoms in total. The lowest BCUT2D eigenvalue weighted by Crippen LogP contribution is -2.10. The first-order valence-corrected chi connectivity index (χ1v) is 4.54. The molecule has 0 unspecified atom stereocenters. The van der Waals surface area contributed by atoms with Crippen LogP contribution in [0.2, 0.25) is 0 Å². The number of ketones is 2. The van der Waals surface area contributed by atoms with Gasteiger partial charge in [0.15, 0.2) is 11.6 Å². The number of hydrogen-bond acceptors (Lipinski definition) is 2. The monoisotopic (exact) mass is 236 g/mol. The smallest absolute Gasteiger partial charge is 0.186 e. The van der Waals surface area contributed by atoms with Crippen LogP contribution in [0.15, 0.2) is 34.8 Å². The van der Waals surface area contributed by atoms with Gasteiger partial charge in [-0.25, -0.2) is 0 Å². The zero-order valence-corrected chi connectivity index (χ0v) is 8.17. The third kappa shape index (κ3) is 1.35. The quantitative estimate of drug-likeness (QED) is 0.694. The predicted molar refractivity (Wildman–Crippen MR) is 51.9 cm³/mol. The molecule has 0 radical (unpaired) electrons. The van der Waals surface area contributed by atoms with Gasteiger partial charge in [-0.15, -0.1) is 0 Å². The molecule has 0 aliphatic heterocycles. The first-order chi connectivity index (χ1) is 6.18. The highest BCUT2D eigenvalue weighted by atomic mass is 79.9. The second-order valence-corrected chi connectivity index (χ2v) is 3.67. The summed E-state index contributed by atoms with van der Waals surface area (Å²) in [4.78, 5) is 22.6. The van der Waals surface area contributed by atoms with Crippen LogP contribution in [-0.2, 0) is 0 Å². The van der Waals surface area contributed by atoms with Crippen LogP contribution in [0.5, 0.6) is 0 Å². The lowest BCUT2D eigenvalue weighted by molar-refractivity contribution is 0.0994. The van der Waals surface area contributed by atoms with Crippen molar-refractivity contribution in [1.82, 2.24) is 0 Å². The van der Waals surface area contributed by atoms with Crippen molar-refractivity contribution in [1.29, 1.82) is 0 Å². The number of fused-ring (bicyclic) bond motifs is 1. The molecule has 1 aromatic carbocycles. The van der Waals surface area contributed by atoms with E-state index in [1.54, 1.807) is 18.2 Å². The van der Waals surface area contributed by atoms with Gasteiger partial charge >= 0.3 is 0 Å². The van der Waals surface area contributed by atoms with E-state index in [0.717, 1.165) is 4.47 Å². The Labute approximate surface area is 83.4 Å². The van der Waals surface area contributed by atoms with Gasteiger partial charge < -0.3 is 0 Å². The molecule has 0 bridgehead atoms. The average Bonchev–Trinajstić information content (AvgIpc) is 2.12. The van der Waals surface area contributed by atoms with Crippen molar-refractivity contribution in [2.45, 2.75) is 0 Å². The molecule has 0 aromatic heterocycles. The normalized spacial score (nSPS) is 14.5. The Morgan fingerprint density at radius 1 is 0.923 bits per heavy atom. The predicted octanol–water partition coefficient (Wildman–Crippen LogP) is 2.38. The summed E-state index contributed by atoms with van der Waals surface area (Å²) in [6, 6.07) is 5.07. The van der Waals surface area contributed by atoms with Crippen LogP contribution in [0.3, 0.4) is 0 Å². The molecule has 1 aliphatic carbocycles. The fraction of sp³-hybridized carbons (Fsp3) is 0. The zero-order chi connectivity index (χ0) is 9.42. The maximum Gasteiger partial charge on any atom is 0.186 e. The van der Waals surface area contributed by atoms with Crippen molar-refractivity contribution in [3.63, 3.8) is 0 Å². The van der Waals surface area contributed by atoms with Crippen molar-refractivity contribution < 1.29 is 9.59 Å². The van der Waals surface area contributed by atoms with Crippen LogP contribution < -0.4 is 0 Å². The van der Waals surface area contributed by atoms with Gasteiger partial charge in [0, 0.05) is 15.6 Å². The Bertz CT molecular complexity index is 433. The summed E-state index contributed by atoms with van der Waals surface area (Å²) in [5.41, 5.74) is 0.956. The maximum atomic E-state index is 11.3. The molecule has 0 fully saturated rings. The van der Waals surface area contributed by atoms with Gasteiger partial charge in [-0.05, 0) is 30.4 Å². The van der Waals surface area contributed by atoms with Gasteiger partial charge in [0.05, 0.1) is 0 Å². The summed E-state index contributed by atoms with van der Waals surface area (Å²) in [5.74, 6) is -0.224. The van der Waals surface area contributed by atoms with E-state index in [9.17, 15) is 9.59 Å². The zero-order valence-electron chi connectivity index (χ0n) is 6.58. The molecule has 1 aliphatic rings. The summed E-state index contributed by atoms with van der Waals surface area (Å²) in [5, 5.41) is 0. The van der Waals surface area contributed by atoms with E-state index in [-0.39, 0.29) is 11.6 Å². The molecule has 0 amide bonds. The van der Waals surface area contributed by atoms with Gasteiger partial charge in [-0.3, -0.25) is 9.59 Å². The second-order valence-electron chi connectivity index (χ2n) is 2.75. The lowest BCUT2D eigenvalue weighted by atomic mass is 9.95. The number of rotatable bonds is 0. The second kappa shape index (κ2) is 2.92. The summed E-state index contributed by atoms with van der Waals surface area (Å²) in [6.07, 6.45) is 2.61. The van der Waals surface area contributed by atoms with E-state index >= 15 is 0 Å². The third-order valence-corrected chi connectivity index (χ3v) is 2.39. The fourth-order valence-electron chi connectivity index (χ4n) is 1.27. The van der Waals surface area contributed by atoms with Crippen LogP contribution in [-0.4, -0.2) is 11.6 Å². The number of hydrogen-bond donors (Lipinski definition) is 0. The van der Waals surface area contributed by atoms with Crippen LogP contribution in [0, 0.1) is 0 Å². The molecular formula is C10H5BrO2. The highest BCUT2D eigenvalue weighted by Gasteiger charge is 2.18. The molecule has 2 rings (SSSR count). The largest absolute Gasteiger partial charge is 0.289 e. The van der Waals surface area contributed by atoms with E-state index in [2.05, 4.69) is 15.9 Å². The van der Waals surface area contributed by atoms with E-state index in [1.165, 1.54) is 12.2 Å². The van der Waals surface area contributed by atoms with E-state index in [0.29, 0.717) is 11.1 Å². The Morgan fingerprint density at radius 3 is 2.23 bits per heavy atom. The summed E-state index contributed by atoms with van der Waals surface area (Å²) < 4.78 is 0.808. The van der Waals surface area contributed by atoms with Gasteiger partial charge in [0.2, 0.25) is 0 Å². The SMILES string of the molecule is O=C1C=CC(=O)c2cc(Br)ccc21. The van der Waals surface area contributed by atoms with Crippen molar-refractivity contribution in [2.75, 3.05) is 0 Å². The van der Waals surface area contributed by atoms with Crippen LogP contribution in [0.1, 0.15) is 20.7 Å². The van der Waals surface area contributed by atoms with Crippen LogP contribution in [0.25, 0.3) is 0 Å². The first-order valence-electron chi connectivity index (χ1n) is 3.75.